The number of nitrogens with one attached hydrogen (secondary N) is 1. The summed E-state index contributed by atoms with van der Waals surface area (Å²) >= 11 is 0. The smallest absolute Gasteiger partial charge is 0.119 e. The average molecular weight is 291 g/mol. The van der Waals surface area contributed by atoms with Crippen molar-refractivity contribution in [3.8, 4) is 5.75 Å². The highest BCUT2D eigenvalue weighted by molar-refractivity contribution is 5.28. The SMILES string of the molecule is CC(C)COc1ccc(C(C)NCCC2CCCO2)cc1. The van der Waals surface area contributed by atoms with Crippen LogP contribution in [0.4, 0.5) is 0 Å². The van der Waals surface area contributed by atoms with E-state index < -0.39 is 0 Å². The Morgan fingerprint density at radius 2 is 2.00 bits per heavy atom. The lowest BCUT2D eigenvalue weighted by Gasteiger charge is -2.17. The minimum absolute atomic E-state index is 0.366. The van der Waals surface area contributed by atoms with Crippen molar-refractivity contribution in [2.24, 2.45) is 5.92 Å². The van der Waals surface area contributed by atoms with E-state index in [-0.39, 0.29) is 0 Å². The molecule has 2 atom stereocenters. The molecule has 1 N–H and O–H groups in total. The number of hydrogen-bond acceptors (Lipinski definition) is 3. The highest BCUT2D eigenvalue weighted by Gasteiger charge is 2.15. The van der Waals surface area contributed by atoms with Crippen LogP contribution < -0.4 is 10.1 Å². The summed E-state index contributed by atoms with van der Waals surface area (Å²) in [5, 5.41) is 3.57. The summed E-state index contributed by atoms with van der Waals surface area (Å²) in [6.07, 6.45) is 4.02. The van der Waals surface area contributed by atoms with Crippen molar-refractivity contribution < 1.29 is 9.47 Å². The summed E-state index contributed by atoms with van der Waals surface area (Å²) in [7, 11) is 0. The van der Waals surface area contributed by atoms with E-state index in [0.29, 0.717) is 18.1 Å². The molecule has 1 aromatic rings. The molecule has 0 radical (unpaired) electrons. The van der Waals surface area contributed by atoms with Crippen LogP contribution in [-0.2, 0) is 4.74 Å². The Balaban J connectivity index is 1.72. The number of hydrogen-bond donors (Lipinski definition) is 1. The van der Waals surface area contributed by atoms with Crippen LogP contribution in [0.1, 0.15) is 51.6 Å². The molecule has 0 amide bonds. The van der Waals surface area contributed by atoms with E-state index in [1.54, 1.807) is 0 Å². The van der Waals surface area contributed by atoms with Gasteiger partial charge in [0.25, 0.3) is 0 Å². The van der Waals surface area contributed by atoms with Gasteiger partial charge in [-0.25, -0.2) is 0 Å². The van der Waals surface area contributed by atoms with Crippen LogP contribution in [0.25, 0.3) is 0 Å². The summed E-state index contributed by atoms with van der Waals surface area (Å²) in [5.74, 6) is 1.52. The van der Waals surface area contributed by atoms with Crippen LogP contribution in [0.2, 0.25) is 0 Å². The van der Waals surface area contributed by atoms with Gasteiger partial charge in [0.2, 0.25) is 0 Å². The molecule has 2 unspecified atom stereocenters. The first-order chi connectivity index (χ1) is 10.1. The van der Waals surface area contributed by atoms with Crippen LogP contribution in [0.15, 0.2) is 24.3 Å². The first-order valence-corrected chi connectivity index (χ1v) is 8.23. The van der Waals surface area contributed by atoms with Crippen molar-refractivity contribution in [1.29, 1.82) is 0 Å². The Morgan fingerprint density at radius 3 is 2.62 bits per heavy atom. The molecule has 2 rings (SSSR count). The van der Waals surface area contributed by atoms with E-state index in [1.807, 2.05) is 0 Å². The van der Waals surface area contributed by atoms with Gasteiger partial charge in [0.05, 0.1) is 12.7 Å². The second kappa shape index (κ2) is 8.40. The molecule has 0 bridgehead atoms. The van der Waals surface area contributed by atoms with Crippen LogP contribution in [0, 0.1) is 5.92 Å². The maximum absolute atomic E-state index is 5.71. The molecule has 3 heteroatoms. The van der Waals surface area contributed by atoms with Gasteiger partial charge in [0.1, 0.15) is 5.75 Å². The number of rotatable bonds is 8. The van der Waals surface area contributed by atoms with Gasteiger partial charge in [0.15, 0.2) is 0 Å². The molecule has 118 valence electrons. The molecule has 1 aliphatic heterocycles. The molecule has 21 heavy (non-hydrogen) atoms. The normalized spacial score (nSPS) is 19.9. The Morgan fingerprint density at radius 1 is 1.24 bits per heavy atom. The van der Waals surface area contributed by atoms with E-state index in [0.717, 1.165) is 31.9 Å². The fraction of sp³-hybridized carbons (Fsp3) is 0.667. The summed E-state index contributed by atoms with van der Waals surface area (Å²) in [6.45, 7) is 9.26. The summed E-state index contributed by atoms with van der Waals surface area (Å²) in [5.41, 5.74) is 1.30. The first kappa shape index (κ1) is 16.3. The maximum Gasteiger partial charge on any atom is 0.119 e. The van der Waals surface area contributed by atoms with Gasteiger partial charge in [-0.15, -0.1) is 0 Å². The van der Waals surface area contributed by atoms with Gasteiger partial charge in [-0.3, -0.25) is 0 Å². The van der Waals surface area contributed by atoms with Crippen LogP contribution in [0.5, 0.6) is 5.75 Å². The van der Waals surface area contributed by atoms with Crippen molar-refractivity contribution in [2.75, 3.05) is 19.8 Å². The molecule has 1 saturated heterocycles. The van der Waals surface area contributed by atoms with Gasteiger partial charge in [0, 0.05) is 12.6 Å². The standard InChI is InChI=1S/C18H29NO2/c1-14(2)13-21-18-8-6-16(7-9-18)15(3)19-11-10-17-5-4-12-20-17/h6-9,14-15,17,19H,4-5,10-13H2,1-3H3. The zero-order chi connectivity index (χ0) is 15.1. The molecule has 3 nitrogen and oxygen atoms in total. The van der Waals surface area contributed by atoms with Gasteiger partial charge < -0.3 is 14.8 Å². The zero-order valence-electron chi connectivity index (χ0n) is 13.6. The minimum atomic E-state index is 0.366. The van der Waals surface area contributed by atoms with Crippen molar-refractivity contribution in [1.82, 2.24) is 5.32 Å². The van der Waals surface area contributed by atoms with E-state index in [4.69, 9.17) is 9.47 Å². The highest BCUT2D eigenvalue weighted by Crippen LogP contribution is 2.19. The fourth-order valence-corrected chi connectivity index (χ4v) is 2.57. The second-order valence-electron chi connectivity index (χ2n) is 6.37. The third-order valence-electron chi connectivity index (χ3n) is 3.90. The van der Waals surface area contributed by atoms with Gasteiger partial charge >= 0.3 is 0 Å². The quantitative estimate of drug-likeness (QED) is 0.787. The molecule has 1 fully saturated rings. The van der Waals surface area contributed by atoms with Crippen molar-refractivity contribution in [2.45, 2.75) is 52.2 Å². The predicted molar refractivity (Wildman–Crippen MR) is 86.8 cm³/mol. The Bertz CT molecular complexity index is 396. The number of ether oxygens (including phenoxy) is 2. The molecular weight excluding hydrogens is 262 g/mol. The Kier molecular flexibility index (Phi) is 6.52. The molecule has 1 aromatic carbocycles. The first-order valence-electron chi connectivity index (χ1n) is 8.23. The third-order valence-corrected chi connectivity index (χ3v) is 3.90. The maximum atomic E-state index is 5.71. The summed E-state index contributed by atoms with van der Waals surface area (Å²) in [4.78, 5) is 0. The van der Waals surface area contributed by atoms with Crippen LogP contribution in [0.3, 0.4) is 0 Å². The van der Waals surface area contributed by atoms with Gasteiger partial charge in [-0.05, 0) is 56.3 Å². The van der Waals surface area contributed by atoms with E-state index in [1.165, 1.54) is 18.4 Å². The molecule has 1 aliphatic rings. The second-order valence-corrected chi connectivity index (χ2v) is 6.37. The average Bonchev–Trinajstić information content (AvgIpc) is 2.99. The minimum Gasteiger partial charge on any atom is -0.493 e. The Labute approximate surface area is 129 Å². The lowest BCUT2D eigenvalue weighted by molar-refractivity contribution is 0.103. The predicted octanol–water partition coefficient (Wildman–Crippen LogP) is 3.94. The number of benzene rings is 1. The molecular formula is C18H29NO2. The molecule has 0 aromatic heterocycles. The van der Waals surface area contributed by atoms with Gasteiger partial charge in [-0.1, -0.05) is 26.0 Å². The van der Waals surface area contributed by atoms with Crippen molar-refractivity contribution >= 4 is 0 Å². The van der Waals surface area contributed by atoms with Crippen LogP contribution in [-0.4, -0.2) is 25.9 Å². The largest absolute Gasteiger partial charge is 0.493 e. The molecule has 0 aliphatic carbocycles. The molecule has 0 saturated carbocycles. The van der Waals surface area contributed by atoms with Crippen LogP contribution >= 0.6 is 0 Å². The van der Waals surface area contributed by atoms with E-state index in [2.05, 4.69) is 50.4 Å². The van der Waals surface area contributed by atoms with Crippen molar-refractivity contribution in [3.63, 3.8) is 0 Å². The van der Waals surface area contributed by atoms with E-state index >= 15 is 0 Å². The van der Waals surface area contributed by atoms with Crippen molar-refractivity contribution in [3.05, 3.63) is 29.8 Å². The van der Waals surface area contributed by atoms with E-state index in [9.17, 15) is 0 Å². The third kappa shape index (κ3) is 5.68. The molecule has 1 heterocycles. The summed E-state index contributed by atoms with van der Waals surface area (Å²) < 4.78 is 11.4. The topological polar surface area (TPSA) is 30.5 Å². The van der Waals surface area contributed by atoms with Gasteiger partial charge in [-0.2, -0.15) is 0 Å². The molecule has 0 spiro atoms. The Hall–Kier alpha value is -1.06. The monoisotopic (exact) mass is 291 g/mol. The zero-order valence-corrected chi connectivity index (χ0v) is 13.6. The lowest BCUT2D eigenvalue weighted by atomic mass is 10.1. The highest BCUT2D eigenvalue weighted by atomic mass is 16.5. The lowest BCUT2D eigenvalue weighted by Crippen LogP contribution is -2.23. The summed E-state index contributed by atoms with van der Waals surface area (Å²) in [6, 6.07) is 8.80. The fourth-order valence-electron chi connectivity index (χ4n) is 2.57.